The number of rotatable bonds is 5. The van der Waals surface area contributed by atoms with Crippen LogP contribution < -0.4 is 11.1 Å². The summed E-state index contributed by atoms with van der Waals surface area (Å²) in [5.41, 5.74) is 6.12. The van der Waals surface area contributed by atoms with E-state index in [0.717, 1.165) is 10.4 Å². The minimum Gasteiger partial charge on any atom is -0.381 e. The fourth-order valence-electron chi connectivity index (χ4n) is 2.83. The van der Waals surface area contributed by atoms with Crippen LogP contribution in [0.15, 0.2) is 24.5 Å². The number of amides is 2. The number of aromatic amines is 1. The van der Waals surface area contributed by atoms with Crippen molar-refractivity contribution < 1.29 is 14.3 Å². The van der Waals surface area contributed by atoms with Crippen LogP contribution in [0.4, 0.5) is 0 Å². The zero-order chi connectivity index (χ0) is 17.2. The molecule has 0 radical (unpaired) electrons. The van der Waals surface area contributed by atoms with Gasteiger partial charge in [-0.15, -0.1) is 11.3 Å². The van der Waals surface area contributed by atoms with Crippen molar-refractivity contribution in [2.45, 2.75) is 12.8 Å². The van der Waals surface area contributed by atoms with Crippen molar-refractivity contribution in [3.8, 4) is 10.4 Å². The standard InChI is InChI=1S/C16H18ClN3O3S/c17-13-2-1-12(24-13)10-7-19-8-11(10)14(21)20-9-16(15(18)22)3-5-23-6-4-16/h1-2,7-8,19H,3-6,9H2,(H2,18,22)(H,20,21). The van der Waals surface area contributed by atoms with Crippen LogP contribution in [0, 0.1) is 5.41 Å². The molecule has 2 aromatic rings. The second-order valence-corrected chi connectivity index (χ2v) is 7.54. The summed E-state index contributed by atoms with van der Waals surface area (Å²) in [7, 11) is 0. The van der Waals surface area contributed by atoms with Crippen LogP contribution in [0.25, 0.3) is 10.4 Å². The van der Waals surface area contributed by atoms with Crippen molar-refractivity contribution in [2.75, 3.05) is 19.8 Å². The number of hydrogen-bond donors (Lipinski definition) is 3. The van der Waals surface area contributed by atoms with Gasteiger partial charge >= 0.3 is 0 Å². The first-order chi connectivity index (χ1) is 11.5. The van der Waals surface area contributed by atoms with Gasteiger partial charge in [0.2, 0.25) is 5.91 Å². The van der Waals surface area contributed by atoms with Crippen LogP contribution in [-0.2, 0) is 9.53 Å². The predicted octanol–water partition coefficient (Wildman–Crippen LogP) is 2.41. The maximum atomic E-state index is 12.6. The minimum atomic E-state index is -0.739. The highest BCUT2D eigenvalue weighted by Crippen LogP contribution is 2.33. The van der Waals surface area contributed by atoms with Gasteiger partial charge in [-0.25, -0.2) is 0 Å². The quantitative estimate of drug-likeness (QED) is 0.756. The summed E-state index contributed by atoms with van der Waals surface area (Å²) in [6.07, 6.45) is 4.43. The predicted molar refractivity (Wildman–Crippen MR) is 93.1 cm³/mol. The third kappa shape index (κ3) is 3.33. The molecule has 128 valence electrons. The first kappa shape index (κ1) is 17.0. The number of primary amides is 1. The Morgan fingerprint density at radius 3 is 2.71 bits per heavy atom. The normalized spacial score (nSPS) is 16.7. The van der Waals surface area contributed by atoms with E-state index in [2.05, 4.69) is 10.3 Å². The third-order valence-corrected chi connectivity index (χ3v) is 5.65. The van der Waals surface area contributed by atoms with Gasteiger partial charge in [0.05, 0.1) is 15.3 Å². The van der Waals surface area contributed by atoms with Gasteiger partial charge in [-0.05, 0) is 25.0 Å². The molecular weight excluding hydrogens is 350 g/mol. The summed E-state index contributed by atoms with van der Waals surface area (Å²) < 4.78 is 5.96. The number of H-pyrrole nitrogens is 1. The van der Waals surface area contributed by atoms with E-state index in [1.54, 1.807) is 18.5 Å². The van der Waals surface area contributed by atoms with Crippen molar-refractivity contribution >= 4 is 34.8 Å². The van der Waals surface area contributed by atoms with E-state index in [4.69, 9.17) is 22.1 Å². The fourth-order valence-corrected chi connectivity index (χ4v) is 3.91. The number of carbonyl (C=O) groups is 2. The van der Waals surface area contributed by atoms with Crippen molar-refractivity contribution in [1.29, 1.82) is 0 Å². The van der Waals surface area contributed by atoms with Crippen LogP contribution >= 0.6 is 22.9 Å². The van der Waals surface area contributed by atoms with Crippen LogP contribution in [-0.4, -0.2) is 36.6 Å². The number of ether oxygens (including phenoxy) is 1. The van der Waals surface area contributed by atoms with Crippen LogP contribution in [0.2, 0.25) is 4.34 Å². The third-order valence-electron chi connectivity index (χ3n) is 4.39. The molecule has 0 aliphatic carbocycles. The average Bonchev–Trinajstić information content (AvgIpc) is 3.22. The van der Waals surface area contributed by atoms with Crippen LogP contribution in [0.5, 0.6) is 0 Å². The van der Waals surface area contributed by atoms with E-state index in [1.807, 2.05) is 6.07 Å². The van der Waals surface area contributed by atoms with Gasteiger partial charge in [-0.2, -0.15) is 0 Å². The molecule has 6 nitrogen and oxygen atoms in total. The first-order valence-corrected chi connectivity index (χ1v) is 8.80. The Labute approximate surface area is 148 Å². The molecule has 24 heavy (non-hydrogen) atoms. The Morgan fingerprint density at radius 2 is 2.08 bits per heavy atom. The Balaban J connectivity index is 1.74. The van der Waals surface area contributed by atoms with Crippen molar-refractivity contribution in [3.05, 3.63) is 34.4 Å². The Morgan fingerprint density at radius 1 is 1.33 bits per heavy atom. The lowest BCUT2D eigenvalue weighted by Crippen LogP contribution is -2.49. The summed E-state index contributed by atoms with van der Waals surface area (Å²) in [6, 6.07) is 3.66. The maximum Gasteiger partial charge on any atom is 0.253 e. The minimum absolute atomic E-state index is 0.209. The highest BCUT2D eigenvalue weighted by molar-refractivity contribution is 7.19. The first-order valence-electron chi connectivity index (χ1n) is 7.60. The van der Waals surface area contributed by atoms with Crippen LogP contribution in [0.1, 0.15) is 23.2 Å². The summed E-state index contributed by atoms with van der Waals surface area (Å²) >= 11 is 7.37. The zero-order valence-electron chi connectivity index (χ0n) is 12.9. The Bertz CT molecular complexity index is 749. The molecule has 0 bridgehead atoms. The van der Waals surface area contributed by atoms with Gasteiger partial charge in [0.15, 0.2) is 0 Å². The molecule has 0 aromatic carbocycles. The number of carbonyl (C=O) groups excluding carboxylic acids is 2. The number of nitrogens with one attached hydrogen (secondary N) is 2. The summed E-state index contributed by atoms with van der Waals surface area (Å²) in [6.45, 7) is 1.16. The molecule has 2 aromatic heterocycles. The number of thiophene rings is 1. The summed E-state index contributed by atoms with van der Waals surface area (Å²) in [4.78, 5) is 28.3. The molecule has 3 rings (SSSR count). The average molecular weight is 368 g/mol. The van der Waals surface area contributed by atoms with Gasteiger partial charge in [-0.3, -0.25) is 9.59 Å². The Hall–Kier alpha value is -1.83. The molecule has 1 fully saturated rings. The lowest BCUT2D eigenvalue weighted by molar-refractivity contribution is -0.132. The van der Waals surface area contributed by atoms with Gasteiger partial charge in [0.25, 0.3) is 5.91 Å². The smallest absolute Gasteiger partial charge is 0.253 e. The highest BCUT2D eigenvalue weighted by atomic mass is 35.5. The molecule has 8 heteroatoms. The molecule has 1 aliphatic rings. The SMILES string of the molecule is NC(=O)C1(CNC(=O)c2c[nH]cc2-c2ccc(Cl)s2)CCOCC1. The van der Waals surface area contributed by atoms with E-state index in [-0.39, 0.29) is 12.5 Å². The number of nitrogens with two attached hydrogens (primary N) is 1. The molecule has 0 spiro atoms. The van der Waals surface area contributed by atoms with Crippen molar-refractivity contribution in [3.63, 3.8) is 0 Å². The number of aromatic nitrogens is 1. The molecule has 0 unspecified atom stereocenters. The summed E-state index contributed by atoms with van der Waals surface area (Å²) in [5, 5.41) is 2.85. The Kier molecular flexibility index (Phi) is 4.93. The molecule has 3 heterocycles. The molecule has 1 aliphatic heterocycles. The van der Waals surface area contributed by atoms with E-state index >= 15 is 0 Å². The van der Waals surface area contributed by atoms with Crippen LogP contribution in [0.3, 0.4) is 0 Å². The summed E-state index contributed by atoms with van der Waals surface area (Å²) in [5.74, 6) is -0.645. The maximum absolute atomic E-state index is 12.6. The molecule has 0 atom stereocenters. The van der Waals surface area contributed by atoms with Gasteiger partial charge in [0.1, 0.15) is 0 Å². The largest absolute Gasteiger partial charge is 0.381 e. The van der Waals surface area contributed by atoms with E-state index < -0.39 is 11.3 Å². The van der Waals surface area contributed by atoms with E-state index in [0.29, 0.717) is 36.0 Å². The van der Waals surface area contributed by atoms with E-state index in [9.17, 15) is 9.59 Å². The van der Waals surface area contributed by atoms with Gasteiger partial charge in [-0.1, -0.05) is 11.6 Å². The second-order valence-electron chi connectivity index (χ2n) is 5.83. The van der Waals surface area contributed by atoms with Gasteiger partial charge in [0, 0.05) is 42.6 Å². The monoisotopic (exact) mass is 367 g/mol. The zero-order valence-corrected chi connectivity index (χ0v) is 14.5. The van der Waals surface area contributed by atoms with Crippen molar-refractivity contribution in [2.24, 2.45) is 11.1 Å². The molecule has 4 N–H and O–H groups in total. The van der Waals surface area contributed by atoms with Crippen molar-refractivity contribution in [1.82, 2.24) is 10.3 Å². The lowest BCUT2D eigenvalue weighted by atomic mass is 9.79. The number of halogens is 1. The number of hydrogen-bond acceptors (Lipinski definition) is 4. The lowest BCUT2D eigenvalue weighted by Gasteiger charge is -2.34. The highest BCUT2D eigenvalue weighted by Gasteiger charge is 2.38. The molecular formula is C16H18ClN3O3S. The molecule has 1 saturated heterocycles. The van der Waals surface area contributed by atoms with E-state index in [1.165, 1.54) is 11.3 Å². The van der Waals surface area contributed by atoms with Gasteiger partial charge < -0.3 is 20.8 Å². The second kappa shape index (κ2) is 6.96. The molecule has 0 saturated carbocycles. The molecule has 2 amide bonds. The fraction of sp³-hybridized carbons (Fsp3) is 0.375. The topological polar surface area (TPSA) is 97.2 Å².